The molecule has 0 amide bonds. The topological polar surface area (TPSA) is 29.9 Å². The van der Waals surface area contributed by atoms with Gasteiger partial charge in [0.15, 0.2) is 0 Å². The Morgan fingerprint density at radius 3 is 3.00 bits per heavy atom. The molecule has 0 spiro atoms. The van der Waals surface area contributed by atoms with Gasteiger partial charge in [-0.1, -0.05) is 6.92 Å². The van der Waals surface area contributed by atoms with E-state index in [0.717, 1.165) is 24.8 Å². The Balaban J connectivity index is 1.97. The Bertz CT molecular complexity index is 330. The SMILES string of the molecule is CC1CNCCC1Cc1ccn(C(C)C)n1. The van der Waals surface area contributed by atoms with Crippen molar-refractivity contribution in [2.45, 2.75) is 39.7 Å². The summed E-state index contributed by atoms with van der Waals surface area (Å²) in [6.45, 7) is 9.01. The van der Waals surface area contributed by atoms with Gasteiger partial charge in [-0.2, -0.15) is 5.10 Å². The average molecular weight is 221 g/mol. The Kier molecular flexibility index (Phi) is 3.64. The normalized spacial score (nSPS) is 26.2. The van der Waals surface area contributed by atoms with Crippen molar-refractivity contribution in [2.75, 3.05) is 13.1 Å². The summed E-state index contributed by atoms with van der Waals surface area (Å²) in [6, 6.07) is 2.65. The molecule has 2 heterocycles. The van der Waals surface area contributed by atoms with Crippen molar-refractivity contribution in [3.8, 4) is 0 Å². The zero-order valence-corrected chi connectivity index (χ0v) is 10.6. The summed E-state index contributed by atoms with van der Waals surface area (Å²) in [6.07, 6.45) is 4.53. The molecule has 1 aliphatic rings. The highest BCUT2D eigenvalue weighted by Gasteiger charge is 2.22. The molecule has 2 rings (SSSR count). The molecule has 3 heteroatoms. The second-order valence-corrected chi connectivity index (χ2v) is 5.32. The Labute approximate surface area is 98.2 Å². The van der Waals surface area contributed by atoms with Gasteiger partial charge in [0.25, 0.3) is 0 Å². The van der Waals surface area contributed by atoms with E-state index >= 15 is 0 Å². The minimum atomic E-state index is 0.471. The second kappa shape index (κ2) is 5.00. The van der Waals surface area contributed by atoms with Crippen LogP contribution in [0.25, 0.3) is 0 Å². The molecule has 3 nitrogen and oxygen atoms in total. The van der Waals surface area contributed by atoms with Crippen molar-refractivity contribution in [3.05, 3.63) is 18.0 Å². The van der Waals surface area contributed by atoms with Gasteiger partial charge < -0.3 is 5.32 Å². The maximum Gasteiger partial charge on any atom is 0.0627 e. The smallest absolute Gasteiger partial charge is 0.0627 e. The Morgan fingerprint density at radius 1 is 1.56 bits per heavy atom. The lowest BCUT2D eigenvalue weighted by Crippen LogP contribution is -2.36. The quantitative estimate of drug-likeness (QED) is 0.848. The Morgan fingerprint density at radius 2 is 2.38 bits per heavy atom. The molecular formula is C13H23N3. The van der Waals surface area contributed by atoms with Crippen molar-refractivity contribution in [1.29, 1.82) is 0 Å². The number of piperidine rings is 1. The van der Waals surface area contributed by atoms with E-state index in [1.54, 1.807) is 0 Å². The fraction of sp³-hybridized carbons (Fsp3) is 0.769. The number of aromatic nitrogens is 2. The van der Waals surface area contributed by atoms with E-state index < -0.39 is 0 Å². The number of hydrogen-bond acceptors (Lipinski definition) is 2. The maximum absolute atomic E-state index is 4.63. The van der Waals surface area contributed by atoms with Crippen LogP contribution in [0.1, 0.15) is 38.9 Å². The summed E-state index contributed by atoms with van der Waals surface area (Å²) in [5.41, 5.74) is 1.26. The third-order valence-electron chi connectivity index (χ3n) is 3.63. The minimum Gasteiger partial charge on any atom is -0.316 e. The zero-order chi connectivity index (χ0) is 11.5. The molecule has 16 heavy (non-hydrogen) atoms. The van der Waals surface area contributed by atoms with Crippen LogP contribution in [0.3, 0.4) is 0 Å². The van der Waals surface area contributed by atoms with Crippen LogP contribution in [-0.2, 0) is 6.42 Å². The largest absolute Gasteiger partial charge is 0.316 e. The van der Waals surface area contributed by atoms with Crippen LogP contribution < -0.4 is 5.32 Å². The average Bonchev–Trinajstić information content (AvgIpc) is 2.70. The first kappa shape index (κ1) is 11.6. The van der Waals surface area contributed by atoms with Crippen LogP contribution >= 0.6 is 0 Å². The Hall–Kier alpha value is -0.830. The summed E-state index contributed by atoms with van der Waals surface area (Å²) in [5, 5.41) is 8.08. The molecule has 0 aliphatic carbocycles. The molecule has 0 radical (unpaired) electrons. The molecule has 90 valence electrons. The van der Waals surface area contributed by atoms with Crippen LogP contribution in [0.5, 0.6) is 0 Å². The summed E-state index contributed by atoms with van der Waals surface area (Å²) in [4.78, 5) is 0. The highest BCUT2D eigenvalue weighted by atomic mass is 15.3. The number of nitrogens with one attached hydrogen (secondary N) is 1. The fourth-order valence-electron chi connectivity index (χ4n) is 2.41. The van der Waals surface area contributed by atoms with Crippen LogP contribution in [0.15, 0.2) is 12.3 Å². The van der Waals surface area contributed by atoms with Gasteiger partial charge >= 0.3 is 0 Å². The van der Waals surface area contributed by atoms with E-state index in [1.807, 2.05) is 0 Å². The van der Waals surface area contributed by atoms with E-state index in [0.29, 0.717) is 6.04 Å². The lowest BCUT2D eigenvalue weighted by molar-refractivity contribution is 0.269. The van der Waals surface area contributed by atoms with Crippen molar-refractivity contribution in [2.24, 2.45) is 11.8 Å². The predicted molar refractivity (Wildman–Crippen MR) is 66.5 cm³/mol. The van der Waals surface area contributed by atoms with Crippen molar-refractivity contribution >= 4 is 0 Å². The van der Waals surface area contributed by atoms with E-state index in [2.05, 4.69) is 48.1 Å². The molecule has 2 atom stereocenters. The van der Waals surface area contributed by atoms with Gasteiger partial charge in [0, 0.05) is 12.2 Å². The highest BCUT2D eigenvalue weighted by molar-refractivity contribution is 5.02. The fourth-order valence-corrected chi connectivity index (χ4v) is 2.41. The standard InChI is InChI=1S/C13H23N3/c1-10(2)16-7-5-13(15-16)8-12-4-6-14-9-11(12)3/h5,7,10-12,14H,4,6,8-9H2,1-3H3. The molecule has 1 N–H and O–H groups in total. The molecule has 0 aromatic carbocycles. The van der Waals surface area contributed by atoms with Crippen molar-refractivity contribution in [1.82, 2.24) is 15.1 Å². The molecule has 0 saturated carbocycles. The van der Waals surface area contributed by atoms with E-state index in [1.165, 1.54) is 18.7 Å². The molecule has 1 aromatic heterocycles. The first-order valence-electron chi connectivity index (χ1n) is 6.41. The molecule has 2 unspecified atom stereocenters. The summed E-state index contributed by atoms with van der Waals surface area (Å²) in [5.74, 6) is 1.58. The van der Waals surface area contributed by atoms with Crippen LogP contribution in [0, 0.1) is 11.8 Å². The van der Waals surface area contributed by atoms with Crippen molar-refractivity contribution in [3.63, 3.8) is 0 Å². The third kappa shape index (κ3) is 2.64. The molecule has 1 aliphatic heterocycles. The summed E-state index contributed by atoms with van der Waals surface area (Å²) in [7, 11) is 0. The van der Waals surface area contributed by atoms with Crippen molar-refractivity contribution < 1.29 is 0 Å². The van der Waals surface area contributed by atoms with Gasteiger partial charge in [0.05, 0.1) is 5.69 Å². The lowest BCUT2D eigenvalue weighted by atomic mass is 9.84. The molecule has 1 saturated heterocycles. The van der Waals surface area contributed by atoms with Gasteiger partial charge in [0.1, 0.15) is 0 Å². The predicted octanol–water partition coefficient (Wildman–Crippen LogP) is 2.25. The number of nitrogens with zero attached hydrogens (tertiary/aromatic N) is 2. The van der Waals surface area contributed by atoms with Gasteiger partial charge in [0.2, 0.25) is 0 Å². The van der Waals surface area contributed by atoms with Gasteiger partial charge in [-0.3, -0.25) is 4.68 Å². The maximum atomic E-state index is 4.63. The summed E-state index contributed by atoms with van der Waals surface area (Å²) >= 11 is 0. The molecule has 1 fully saturated rings. The van der Waals surface area contributed by atoms with Crippen LogP contribution in [0.4, 0.5) is 0 Å². The molecular weight excluding hydrogens is 198 g/mol. The first-order chi connectivity index (χ1) is 7.66. The number of rotatable bonds is 3. The van der Waals surface area contributed by atoms with Crippen LogP contribution in [0.2, 0.25) is 0 Å². The van der Waals surface area contributed by atoms with E-state index in [-0.39, 0.29) is 0 Å². The minimum absolute atomic E-state index is 0.471. The van der Waals surface area contributed by atoms with E-state index in [4.69, 9.17) is 0 Å². The third-order valence-corrected chi connectivity index (χ3v) is 3.63. The van der Waals surface area contributed by atoms with E-state index in [9.17, 15) is 0 Å². The molecule has 0 bridgehead atoms. The highest BCUT2D eigenvalue weighted by Crippen LogP contribution is 2.22. The zero-order valence-electron chi connectivity index (χ0n) is 10.6. The van der Waals surface area contributed by atoms with Gasteiger partial charge in [-0.25, -0.2) is 0 Å². The molecule has 1 aromatic rings. The first-order valence-corrected chi connectivity index (χ1v) is 6.41. The van der Waals surface area contributed by atoms with Crippen LogP contribution in [-0.4, -0.2) is 22.9 Å². The van der Waals surface area contributed by atoms with Gasteiger partial charge in [-0.05, 0) is 57.7 Å². The monoisotopic (exact) mass is 221 g/mol. The van der Waals surface area contributed by atoms with Gasteiger partial charge in [-0.15, -0.1) is 0 Å². The number of hydrogen-bond donors (Lipinski definition) is 1. The second-order valence-electron chi connectivity index (χ2n) is 5.32. The summed E-state index contributed by atoms with van der Waals surface area (Å²) < 4.78 is 2.06. The lowest BCUT2D eigenvalue weighted by Gasteiger charge is -2.28.